The number of aromatic nitrogens is 2. The largest absolute Gasteiger partial charge is 0.504 e. The molecule has 0 unspecified atom stereocenters. The number of fused-ring (bicyclic) bond motifs is 1. The minimum atomic E-state index is -0.526. The molecule has 1 amide bonds. The van der Waals surface area contributed by atoms with Crippen molar-refractivity contribution < 1.29 is 19.0 Å². The van der Waals surface area contributed by atoms with Gasteiger partial charge in [-0.25, -0.2) is 14.4 Å². The Labute approximate surface area is 171 Å². The second kappa shape index (κ2) is 7.74. The molecule has 0 saturated heterocycles. The maximum Gasteiger partial charge on any atom is 0.239 e. The first-order valence-corrected chi connectivity index (χ1v) is 9.02. The van der Waals surface area contributed by atoms with E-state index in [1.807, 2.05) is 0 Å². The SMILES string of the molecule is COc1cc2c(NC3=CN(CC(N)=O)N(c4cccc(F)c4)C3)ncnc2cc1O. The molecule has 0 fully saturated rings. The van der Waals surface area contributed by atoms with E-state index in [4.69, 9.17) is 10.5 Å². The Morgan fingerprint density at radius 3 is 2.90 bits per heavy atom. The number of anilines is 2. The van der Waals surface area contributed by atoms with Crippen molar-refractivity contribution in [2.24, 2.45) is 5.73 Å². The van der Waals surface area contributed by atoms with Crippen molar-refractivity contribution in [3.63, 3.8) is 0 Å². The molecule has 10 heteroatoms. The number of nitrogens with two attached hydrogens (primary N) is 1. The summed E-state index contributed by atoms with van der Waals surface area (Å²) in [4.78, 5) is 20.0. The van der Waals surface area contributed by atoms with Crippen LogP contribution in [0.1, 0.15) is 0 Å². The minimum Gasteiger partial charge on any atom is -0.504 e. The summed E-state index contributed by atoms with van der Waals surface area (Å²) < 4.78 is 18.9. The van der Waals surface area contributed by atoms with Gasteiger partial charge in [0.2, 0.25) is 5.91 Å². The molecule has 2 heterocycles. The van der Waals surface area contributed by atoms with Gasteiger partial charge in [-0.1, -0.05) is 6.07 Å². The van der Waals surface area contributed by atoms with Crippen LogP contribution in [0.15, 0.2) is 54.6 Å². The Kier molecular flexibility index (Phi) is 4.97. The van der Waals surface area contributed by atoms with E-state index in [9.17, 15) is 14.3 Å². The third-order valence-electron chi connectivity index (χ3n) is 4.57. The highest BCUT2D eigenvalue weighted by molar-refractivity contribution is 5.92. The number of benzene rings is 2. The molecule has 0 atom stereocenters. The van der Waals surface area contributed by atoms with Crippen LogP contribution >= 0.6 is 0 Å². The Morgan fingerprint density at radius 1 is 1.33 bits per heavy atom. The minimum absolute atomic E-state index is 0.0281. The number of methoxy groups -OCH3 is 1. The summed E-state index contributed by atoms with van der Waals surface area (Å²) >= 11 is 0. The number of nitrogens with zero attached hydrogens (tertiary/aromatic N) is 4. The van der Waals surface area contributed by atoms with Gasteiger partial charge in [0.05, 0.1) is 30.6 Å². The first-order valence-electron chi connectivity index (χ1n) is 9.02. The third kappa shape index (κ3) is 3.75. The first kappa shape index (κ1) is 19.2. The van der Waals surface area contributed by atoms with E-state index in [0.29, 0.717) is 34.6 Å². The zero-order valence-electron chi connectivity index (χ0n) is 16.0. The molecule has 30 heavy (non-hydrogen) atoms. The fourth-order valence-corrected chi connectivity index (χ4v) is 3.27. The number of hydrogen-bond donors (Lipinski definition) is 3. The van der Waals surface area contributed by atoms with Crippen LogP contribution in [0.3, 0.4) is 0 Å². The lowest BCUT2D eigenvalue weighted by Gasteiger charge is -2.29. The lowest BCUT2D eigenvalue weighted by Crippen LogP contribution is -2.41. The number of hydrazine groups is 1. The smallest absolute Gasteiger partial charge is 0.239 e. The highest BCUT2D eigenvalue weighted by atomic mass is 19.1. The molecule has 0 aliphatic carbocycles. The van der Waals surface area contributed by atoms with Crippen molar-refractivity contribution in [1.82, 2.24) is 15.0 Å². The van der Waals surface area contributed by atoms with Crippen molar-refractivity contribution in [2.45, 2.75) is 0 Å². The van der Waals surface area contributed by atoms with Crippen LogP contribution in [0.4, 0.5) is 15.9 Å². The maximum absolute atomic E-state index is 13.7. The van der Waals surface area contributed by atoms with Crippen molar-refractivity contribution in [1.29, 1.82) is 0 Å². The number of ether oxygens (including phenoxy) is 1. The van der Waals surface area contributed by atoms with E-state index in [1.54, 1.807) is 34.4 Å². The van der Waals surface area contributed by atoms with Crippen molar-refractivity contribution in [3.05, 3.63) is 60.4 Å². The van der Waals surface area contributed by atoms with Gasteiger partial charge in [-0.05, 0) is 24.3 Å². The van der Waals surface area contributed by atoms with E-state index in [0.717, 1.165) is 0 Å². The summed E-state index contributed by atoms with van der Waals surface area (Å²) in [7, 11) is 1.45. The van der Waals surface area contributed by atoms with E-state index in [1.165, 1.54) is 31.6 Å². The number of carbonyl (C=O) groups excluding carboxylic acids is 1. The summed E-state index contributed by atoms with van der Waals surface area (Å²) in [6.45, 7) is 0.255. The molecular weight excluding hydrogens is 391 g/mol. The van der Waals surface area contributed by atoms with Gasteiger partial charge in [-0.3, -0.25) is 14.8 Å². The van der Waals surface area contributed by atoms with E-state index >= 15 is 0 Å². The van der Waals surface area contributed by atoms with Crippen molar-refractivity contribution >= 4 is 28.3 Å². The number of aromatic hydroxyl groups is 1. The van der Waals surface area contributed by atoms with Crippen LogP contribution in [-0.2, 0) is 4.79 Å². The molecule has 0 saturated carbocycles. The molecule has 2 aromatic carbocycles. The Morgan fingerprint density at radius 2 is 2.17 bits per heavy atom. The van der Waals surface area contributed by atoms with Crippen LogP contribution in [-0.4, -0.2) is 46.2 Å². The van der Waals surface area contributed by atoms with Gasteiger partial charge < -0.3 is 20.9 Å². The zero-order valence-corrected chi connectivity index (χ0v) is 16.0. The van der Waals surface area contributed by atoms with E-state index in [-0.39, 0.29) is 23.9 Å². The average molecular weight is 410 g/mol. The molecule has 0 spiro atoms. The van der Waals surface area contributed by atoms with E-state index in [2.05, 4.69) is 15.3 Å². The van der Waals surface area contributed by atoms with Crippen LogP contribution in [0.2, 0.25) is 0 Å². The van der Waals surface area contributed by atoms with Gasteiger partial charge in [0.25, 0.3) is 0 Å². The Bertz CT molecular complexity index is 1150. The topological polar surface area (TPSA) is 117 Å². The van der Waals surface area contributed by atoms with Gasteiger partial charge >= 0.3 is 0 Å². The number of hydrogen-bond acceptors (Lipinski definition) is 8. The predicted molar refractivity (Wildman–Crippen MR) is 109 cm³/mol. The monoisotopic (exact) mass is 410 g/mol. The molecule has 1 aromatic heterocycles. The molecule has 3 aromatic rings. The maximum atomic E-state index is 13.7. The quantitative estimate of drug-likeness (QED) is 0.565. The summed E-state index contributed by atoms with van der Waals surface area (Å²) in [6, 6.07) is 9.17. The van der Waals surface area contributed by atoms with Crippen LogP contribution in [0.25, 0.3) is 10.9 Å². The number of rotatable bonds is 6. The van der Waals surface area contributed by atoms with Crippen LogP contribution < -0.4 is 20.8 Å². The normalized spacial score (nSPS) is 13.5. The number of phenols is 1. The second-order valence-electron chi connectivity index (χ2n) is 6.64. The van der Waals surface area contributed by atoms with Crippen molar-refractivity contribution in [2.75, 3.05) is 30.5 Å². The molecule has 154 valence electrons. The molecule has 4 N–H and O–H groups in total. The first-order chi connectivity index (χ1) is 14.4. The van der Waals surface area contributed by atoms with Crippen LogP contribution in [0, 0.1) is 5.82 Å². The van der Waals surface area contributed by atoms with Gasteiger partial charge in [0.1, 0.15) is 24.5 Å². The molecule has 1 aliphatic heterocycles. The van der Waals surface area contributed by atoms with Gasteiger partial charge in [-0.2, -0.15) is 0 Å². The second-order valence-corrected chi connectivity index (χ2v) is 6.64. The number of primary amides is 1. The summed E-state index contributed by atoms with van der Waals surface area (Å²) in [5, 5.41) is 17.2. The Hall–Kier alpha value is -4.08. The van der Waals surface area contributed by atoms with Gasteiger partial charge in [0, 0.05) is 17.7 Å². The van der Waals surface area contributed by atoms with Crippen LogP contribution in [0.5, 0.6) is 11.5 Å². The molecule has 4 rings (SSSR count). The highest BCUT2D eigenvalue weighted by Crippen LogP contribution is 2.33. The highest BCUT2D eigenvalue weighted by Gasteiger charge is 2.25. The fourth-order valence-electron chi connectivity index (χ4n) is 3.27. The molecule has 0 radical (unpaired) electrons. The lowest BCUT2D eigenvalue weighted by molar-refractivity contribution is -0.118. The van der Waals surface area contributed by atoms with Gasteiger partial charge in [0.15, 0.2) is 11.5 Å². The number of halogens is 1. The number of phenolic OH excluding ortho intramolecular Hbond substituents is 1. The standard InChI is InChI=1S/C20H19FN6O3/c1-30-18-6-15-16(7-17(18)28)23-11-24-20(15)25-13-8-26(10-19(22)29)27(9-13)14-4-2-3-12(21)5-14/h2-8,11,28H,9-10H2,1H3,(H2,22,29)(H,23,24,25). The summed E-state index contributed by atoms with van der Waals surface area (Å²) in [6.07, 6.45) is 3.08. The zero-order chi connectivity index (χ0) is 21.3. The molecule has 9 nitrogen and oxygen atoms in total. The summed E-state index contributed by atoms with van der Waals surface area (Å²) in [5.41, 5.74) is 7.17. The van der Waals surface area contributed by atoms with Crippen molar-refractivity contribution in [3.8, 4) is 11.5 Å². The molecular formula is C20H19FN6O3. The Balaban J connectivity index is 1.66. The average Bonchev–Trinajstić information content (AvgIpc) is 3.09. The van der Waals surface area contributed by atoms with Gasteiger partial charge in [-0.15, -0.1) is 0 Å². The lowest BCUT2D eigenvalue weighted by atomic mass is 10.2. The van der Waals surface area contributed by atoms with E-state index < -0.39 is 5.91 Å². The third-order valence-corrected chi connectivity index (χ3v) is 4.57. The molecule has 0 bridgehead atoms. The number of amides is 1. The predicted octanol–water partition coefficient (Wildman–Crippen LogP) is 1.96. The summed E-state index contributed by atoms with van der Waals surface area (Å²) in [5.74, 6) is -0.162. The number of carbonyl (C=O) groups is 1. The fraction of sp³-hybridized carbons (Fsp3) is 0.150. The molecule has 1 aliphatic rings. The number of nitrogens with one attached hydrogen (secondary N) is 1.